The van der Waals surface area contributed by atoms with Crippen molar-refractivity contribution in [2.24, 2.45) is 0 Å². The van der Waals surface area contributed by atoms with Crippen molar-refractivity contribution in [1.82, 2.24) is 10.6 Å². The van der Waals surface area contributed by atoms with E-state index in [1.165, 1.54) is 5.56 Å². The highest BCUT2D eigenvalue weighted by Gasteiger charge is 2.15. The van der Waals surface area contributed by atoms with Crippen LogP contribution in [0.2, 0.25) is 0 Å². The average molecular weight is 401 g/mol. The van der Waals surface area contributed by atoms with Gasteiger partial charge in [0.25, 0.3) is 0 Å². The van der Waals surface area contributed by atoms with Gasteiger partial charge in [-0.05, 0) is 29.5 Å². The molecule has 0 bridgehead atoms. The molecule has 1 unspecified atom stereocenters. The fraction of sp³-hybridized carbons (Fsp3) is 0.231. The molecule has 0 aliphatic heterocycles. The minimum Gasteiger partial charge on any atom is -0.355 e. The third-order valence-corrected chi connectivity index (χ3v) is 4.98. The van der Waals surface area contributed by atoms with Crippen molar-refractivity contribution in [3.05, 3.63) is 108 Å². The Morgan fingerprint density at radius 2 is 1.27 bits per heavy atom. The summed E-state index contributed by atoms with van der Waals surface area (Å²) in [6.07, 6.45) is 2.29. The van der Waals surface area contributed by atoms with Crippen LogP contribution >= 0.6 is 0 Å². The average Bonchev–Trinajstić information content (AvgIpc) is 2.78. The smallest absolute Gasteiger partial charge is 0.224 e. The van der Waals surface area contributed by atoms with Crippen molar-refractivity contribution in [3.63, 3.8) is 0 Å². The van der Waals surface area contributed by atoms with Gasteiger partial charge in [-0.1, -0.05) is 91.0 Å². The lowest BCUT2D eigenvalue weighted by molar-refractivity contribution is -0.122. The predicted octanol–water partition coefficient (Wildman–Crippen LogP) is 4.23. The Kier molecular flexibility index (Phi) is 8.22. The summed E-state index contributed by atoms with van der Waals surface area (Å²) >= 11 is 0. The summed E-state index contributed by atoms with van der Waals surface area (Å²) in [4.78, 5) is 24.6. The highest BCUT2D eigenvalue weighted by atomic mass is 16.2. The summed E-state index contributed by atoms with van der Waals surface area (Å²) in [5, 5.41) is 5.97. The van der Waals surface area contributed by atoms with Crippen LogP contribution in [0.15, 0.2) is 91.0 Å². The lowest BCUT2D eigenvalue weighted by Crippen LogP contribution is -2.33. The Bertz CT molecular complexity index is 912. The van der Waals surface area contributed by atoms with Crippen LogP contribution in [-0.2, 0) is 22.4 Å². The zero-order chi connectivity index (χ0) is 21.0. The molecule has 3 rings (SSSR count). The Morgan fingerprint density at radius 1 is 0.700 bits per heavy atom. The van der Waals surface area contributed by atoms with Gasteiger partial charge in [0, 0.05) is 13.0 Å². The summed E-state index contributed by atoms with van der Waals surface area (Å²) < 4.78 is 0. The van der Waals surface area contributed by atoms with E-state index >= 15 is 0 Å². The van der Waals surface area contributed by atoms with Crippen LogP contribution in [0.5, 0.6) is 0 Å². The summed E-state index contributed by atoms with van der Waals surface area (Å²) in [5.74, 6) is -0.130. The molecule has 154 valence electrons. The van der Waals surface area contributed by atoms with Crippen LogP contribution < -0.4 is 10.6 Å². The maximum absolute atomic E-state index is 12.5. The molecule has 30 heavy (non-hydrogen) atoms. The molecule has 2 amide bonds. The van der Waals surface area contributed by atoms with Gasteiger partial charge in [-0.25, -0.2) is 0 Å². The van der Waals surface area contributed by atoms with Crippen LogP contribution in [-0.4, -0.2) is 18.4 Å². The highest BCUT2D eigenvalue weighted by molar-refractivity contribution is 5.80. The predicted molar refractivity (Wildman–Crippen MR) is 120 cm³/mol. The van der Waals surface area contributed by atoms with Gasteiger partial charge in [0.05, 0.1) is 12.5 Å². The fourth-order valence-corrected chi connectivity index (χ4v) is 3.39. The maximum Gasteiger partial charge on any atom is 0.224 e. The Morgan fingerprint density at radius 3 is 1.90 bits per heavy atom. The van der Waals surface area contributed by atoms with Gasteiger partial charge in [-0.15, -0.1) is 0 Å². The molecule has 0 aliphatic rings. The Balaban J connectivity index is 1.48. The molecule has 3 aromatic rings. The third-order valence-electron chi connectivity index (χ3n) is 4.98. The number of carbonyl (C=O) groups excluding carboxylic acids is 2. The second-order valence-electron chi connectivity index (χ2n) is 7.32. The number of rotatable bonds is 10. The summed E-state index contributed by atoms with van der Waals surface area (Å²) in [6, 6.07) is 29.8. The summed E-state index contributed by atoms with van der Waals surface area (Å²) in [6.45, 7) is 0.331. The molecule has 0 radical (unpaired) electrons. The quantitative estimate of drug-likeness (QED) is 0.535. The van der Waals surface area contributed by atoms with Gasteiger partial charge in [0.1, 0.15) is 0 Å². The number of nitrogens with one attached hydrogen (secondary N) is 2. The monoisotopic (exact) mass is 400 g/mol. The SMILES string of the molecule is O=C(Cc1ccccc1)NCCC(=O)NC(CCc1ccccc1)c1ccccc1. The first kappa shape index (κ1) is 21.3. The fourth-order valence-electron chi connectivity index (χ4n) is 3.39. The highest BCUT2D eigenvalue weighted by Crippen LogP contribution is 2.19. The van der Waals surface area contributed by atoms with E-state index in [-0.39, 0.29) is 24.3 Å². The van der Waals surface area contributed by atoms with Crippen molar-refractivity contribution in [3.8, 4) is 0 Å². The van der Waals surface area contributed by atoms with E-state index < -0.39 is 0 Å². The summed E-state index contributed by atoms with van der Waals surface area (Å²) in [5.41, 5.74) is 3.31. The molecule has 0 aliphatic carbocycles. The maximum atomic E-state index is 12.5. The minimum atomic E-state index is -0.0716. The van der Waals surface area contributed by atoms with Crippen LogP contribution in [0.25, 0.3) is 0 Å². The Labute approximate surface area is 178 Å². The van der Waals surface area contributed by atoms with Gasteiger partial charge in [0.2, 0.25) is 11.8 Å². The van der Waals surface area contributed by atoms with E-state index in [1.54, 1.807) is 0 Å². The molecule has 0 saturated carbocycles. The first-order valence-corrected chi connectivity index (χ1v) is 10.4. The molecule has 0 heterocycles. The molecule has 0 aromatic heterocycles. The number of carbonyl (C=O) groups is 2. The van der Waals surface area contributed by atoms with Crippen molar-refractivity contribution in [2.75, 3.05) is 6.54 Å². The van der Waals surface area contributed by atoms with Crippen molar-refractivity contribution < 1.29 is 9.59 Å². The van der Waals surface area contributed by atoms with E-state index in [9.17, 15) is 9.59 Å². The number of aryl methyl sites for hydroxylation is 1. The first-order chi connectivity index (χ1) is 14.7. The molecule has 0 spiro atoms. The minimum absolute atomic E-state index is 0.0565. The molecule has 1 atom stereocenters. The molecule has 4 nitrogen and oxygen atoms in total. The molecule has 0 fully saturated rings. The molecular weight excluding hydrogens is 372 g/mol. The van der Waals surface area contributed by atoms with Crippen molar-refractivity contribution in [1.29, 1.82) is 0 Å². The molecular formula is C26H28N2O2. The normalized spacial score (nSPS) is 11.5. The van der Waals surface area contributed by atoms with E-state index in [2.05, 4.69) is 22.8 Å². The van der Waals surface area contributed by atoms with Gasteiger partial charge in [0.15, 0.2) is 0 Å². The van der Waals surface area contributed by atoms with E-state index in [1.807, 2.05) is 78.9 Å². The number of hydrogen-bond acceptors (Lipinski definition) is 2. The Hall–Kier alpha value is -3.40. The molecule has 0 saturated heterocycles. The second kappa shape index (κ2) is 11.6. The van der Waals surface area contributed by atoms with Gasteiger partial charge in [-0.3, -0.25) is 9.59 Å². The van der Waals surface area contributed by atoms with Crippen LogP contribution in [0.1, 0.15) is 35.6 Å². The van der Waals surface area contributed by atoms with Crippen molar-refractivity contribution >= 4 is 11.8 Å². The second-order valence-corrected chi connectivity index (χ2v) is 7.32. The van der Waals surface area contributed by atoms with E-state index in [0.29, 0.717) is 13.0 Å². The van der Waals surface area contributed by atoms with E-state index in [4.69, 9.17) is 0 Å². The first-order valence-electron chi connectivity index (χ1n) is 10.4. The van der Waals surface area contributed by atoms with Gasteiger partial charge in [-0.2, -0.15) is 0 Å². The van der Waals surface area contributed by atoms with Crippen LogP contribution in [0.3, 0.4) is 0 Å². The van der Waals surface area contributed by atoms with Crippen LogP contribution in [0, 0.1) is 0 Å². The zero-order valence-electron chi connectivity index (χ0n) is 17.1. The zero-order valence-corrected chi connectivity index (χ0v) is 17.1. The number of amides is 2. The summed E-state index contributed by atoms with van der Waals surface area (Å²) in [7, 11) is 0. The molecule has 3 aromatic carbocycles. The lowest BCUT2D eigenvalue weighted by Gasteiger charge is -2.19. The molecule has 2 N–H and O–H groups in total. The largest absolute Gasteiger partial charge is 0.355 e. The standard InChI is InChI=1S/C26H28N2O2/c29-25(18-19-27-26(30)20-22-12-6-2-7-13-22)28-24(23-14-8-3-9-15-23)17-16-21-10-4-1-5-11-21/h1-15,24H,16-20H2,(H,27,30)(H,28,29). The van der Waals surface area contributed by atoms with Gasteiger partial charge < -0.3 is 10.6 Å². The topological polar surface area (TPSA) is 58.2 Å². The van der Waals surface area contributed by atoms with E-state index in [0.717, 1.165) is 24.0 Å². The lowest BCUT2D eigenvalue weighted by atomic mass is 9.99. The van der Waals surface area contributed by atoms with Gasteiger partial charge >= 0.3 is 0 Å². The van der Waals surface area contributed by atoms with Crippen LogP contribution in [0.4, 0.5) is 0 Å². The number of benzene rings is 3. The third kappa shape index (κ3) is 7.21. The van der Waals surface area contributed by atoms with Crippen molar-refractivity contribution in [2.45, 2.75) is 31.7 Å². The molecule has 4 heteroatoms. The number of hydrogen-bond donors (Lipinski definition) is 2.